The van der Waals surface area contributed by atoms with Crippen molar-refractivity contribution in [2.45, 2.75) is 40.5 Å². The number of benzene rings is 1. The molecule has 0 unspecified atom stereocenters. The first-order chi connectivity index (χ1) is 11.9. The second-order valence-corrected chi connectivity index (χ2v) is 7.05. The summed E-state index contributed by atoms with van der Waals surface area (Å²) in [4.78, 5) is 16.7. The number of amides is 1. The molecule has 2 aromatic heterocycles. The normalized spacial score (nSPS) is 10.9. The molecule has 2 heterocycles. The van der Waals surface area contributed by atoms with E-state index in [0.29, 0.717) is 18.0 Å². The quantitative estimate of drug-likeness (QED) is 0.726. The minimum atomic E-state index is -0.0546. The van der Waals surface area contributed by atoms with E-state index in [9.17, 15) is 4.79 Å². The monoisotopic (exact) mass is 355 g/mol. The number of aromatic nitrogens is 2. The second kappa shape index (κ2) is 7.19. The summed E-state index contributed by atoms with van der Waals surface area (Å²) in [6, 6.07) is 6.26. The smallest absolute Gasteiger partial charge is 0.226 e. The molecule has 0 spiro atoms. The molecule has 5 nitrogen and oxygen atoms in total. The molecule has 0 atom stereocenters. The third kappa shape index (κ3) is 3.96. The number of nitrogens with zero attached hydrogens (tertiary/aromatic N) is 2. The van der Waals surface area contributed by atoms with Crippen molar-refractivity contribution in [2.75, 3.05) is 5.32 Å². The van der Waals surface area contributed by atoms with Gasteiger partial charge in [0.15, 0.2) is 5.13 Å². The maximum atomic E-state index is 12.2. The Morgan fingerprint density at radius 3 is 2.68 bits per heavy atom. The van der Waals surface area contributed by atoms with Gasteiger partial charge in [-0.2, -0.15) is 0 Å². The van der Waals surface area contributed by atoms with Crippen LogP contribution in [0.15, 0.2) is 28.1 Å². The molecule has 130 valence electrons. The van der Waals surface area contributed by atoms with Gasteiger partial charge in [-0.05, 0) is 51.3 Å². The van der Waals surface area contributed by atoms with Crippen LogP contribution in [0.2, 0.25) is 0 Å². The minimum Gasteiger partial charge on any atom is -0.361 e. The van der Waals surface area contributed by atoms with Crippen LogP contribution in [-0.2, 0) is 11.2 Å². The zero-order valence-electron chi connectivity index (χ0n) is 14.8. The number of aryl methyl sites for hydroxylation is 4. The largest absolute Gasteiger partial charge is 0.361 e. The molecular weight excluding hydrogens is 334 g/mol. The molecule has 3 aromatic rings. The fourth-order valence-electron chi connectivity index (χ4n) is 2.64. The van der Waals surface area contributed by atoms with Crippen molar-refractivity contribution in [1.82, 2.24) is 10.1 Å². The molecule has 3 rings (SSSR count). The molecule has 0 aliphatic carbocycles. The van der Waals surface area contributed by atoms with Crippen LogP contribution in [0.5, 0.6) is 0 Å². The van der Waals surface area contributed by atoms with Crippen molar-refractivity contribution in [3.05, 3.63) is 51.7 Å². The molecule has 0 aliphatic rings. The molecular formula is C19H21N3O2S. The Hall–Kier alpha value is -2.47. The van der Waals surface area contributed by atoms with Crippen molar-refractivity contribution in [3.63, 3.8) is 0 Å². The van der Waals surface area contributed by atoms with Gasteiger partial charge in [-0.15, -0.1) is 11.3 Å². The van der Waals surface area contributed by atoms with Crippen LogP contribution in [-0.4, -0.2) is 16.0 Å². The van der Waals surface area contributed by atoms with Crippen LogP contribution in [0, 0.1) is 27.7 Å². The van der Waals surface area contributed by atoms with E-state index in [1.165, 1.54) is 22.5 Å². The lowest BCUT2D eigenvalue weighted by molar-refractivity contribution is -0.116. The maximum Gasteiger partial charge on any atom is 0.226 e. The van der Waals surface area contributed by atoms with Crippen LogP contribution < -0.4 is 5.32 Å². The van der Waals surface area contributed by atoms with Gasteiger partial charge in [-0.25, -0.2) is 4.98 Å². The highest BCUT2D eigenvalue weighted by Crippen LogP contribution is 2.26. The summed E-state index contributed by atoms with van der Waals surface area (Å²) in [7, 11) is 0. The second-order valence-electron chi connectivity index (χ2n) is 6.19. The van der Waals surface area contributed by atoms with E-state index in [0.717, 1.165) is 28.3 Å². The summed E-state index contributed by atoms with van der Waals surface area (Å²) < 4.78 is 5.12. The first kappa shape index (κ1) is 17.4. The number of carbonyl (C=O) groups excluding carboxylic acids is 1. The summed E-state index contributed by atoms with van der Waals surface area (Å²) in [6.45, 7) is 7.93. The number of thiazole rings is 1. The van der Waals surface area contributed by atoms with E-state index in [1.54, 1.807) is 0 Å². The number of hydrogen-bond donors (Lipinski definition) is 1. The van der Waals surface area contributed by atoms with Gasteiger partial charge in [0.2, 0.25) is 5.91 Å². The Bertz CT molecular complexity index is 892. The lowest BCUT2D eigenvalue weighted by Crippen LogP contribution is -2.12. The number of anilines is 1. The summed E-state index contributed by atoms with van der Waals surface area (Å²) in [6.07, 6.45) is 0.990. The Balaban J connectivity index is 1.63. The van der Waals surface area contributed by atoms with Crippen LogP contribution in [0.25, 0.3) is 11.3 Å². The van der Waals surface area contributed by atoms with Crippen molar-refractivity contribution in [1.29, 1.82) is 0 Å². The van der Waals surface area contributed by atoms with Crippen LogP contribution in [0.3, 0.4) is 0 Å². The van der Waals surface area contributed by atoms with E-state index in [1.807, 2.05) is 19.2 Å². The van der Waals surface area contributed by atoms with Crippen LogP contribution >= 0.6 is 11.3 Å². The molecule has 0 saturated heterocycles. The average Bonchev–Trinajstić information content (AvgIpc) is 3.15. The molecule has 1 N–H and O–H groups in total. The third-order valence-electron chi connectivity index (χ3n) is 4.34. The molecule has 0 saturated carbocycles. The summed E-state index contributed by atoms with van der Waals surface area (Å²) in [5.74, 6) is 0.720. The van der Waals surface area contributed by atoms with Gasteiger partial charge >= 0.3 is 0 Å². The van der Waals surface area contributed by atoms with Gasteiger partial charge in [-0.3, -0.25) is 4.79 Å². The number of nitrogens with one attached hydrogen (secondary N) is 1. The zero-order valence-corrected chi connectivity index (χ0v) is 15.7. The molecule has 1 amide bonds. The standard InChI is InChI=1S/C19H21N3O2S/c1-11-5-6-15(9-12(11)2)17-10-25-19(20-17)21-18(23)8-7-16-13(3)22-24-14(16)4/h5-6,9-10H,7-8H2,1-4H3,(H,20,21,23). The molecule has 25 heavy (non-hydrogen) atoms. The van der Waals surface area contributed by atoms with E-state index < -0.39 is 0 Å². The first-order valence-corrected chi connectivity index (χ1v) is 9.06. The van der Waals surface area contributed by atoms with E-state index in [-0.39, 0.29) is 5.91 Å². The Labute approximate surface area is 151 Å². The highest BCUT2D eigenvalue weighted by atomic mass is 32.1. The Kier molecular flexibility index (Phi) is 4.99. The highest BCUT2D eigenvalue weighted by molar-refractivity contribution is 7.14. The third-order valence-corrected chi connectivity index (χ3v) is 5.09. The van der Waals surface area contributed by atoms with Gasteiger partial charge < -0.3 is 9.84 Å². The van der Waals surface area contributed by atoms with E-state index in [4.69, 9.17) is 4.52 Å². The SMILES string of the molecule is Cc1ccc(-c2csc(NC(=O)CCc3c(C)noc3C)n2)cc1C. The lowest BCUT2D eigenvalue weighted by Gasteiger charge is -2.03. The highest BCUT2D eigenvalue weighted by Gasteiger charge is 2.13. The number of carbonyl (C=O) groups is 1. The van der Waals surface area contributed by atoms with Crippen molar-refractivity contribution in [2.24, 2.45) is 0 Å². The maximum absolute atomic E-state index is 12.2. The van der Waals surface area contributed by atoms with Gasteiger partial charge in [-0.1, -0.05) is 17.3 Å². The molecule has 6 heteroatoms. The van der Waals surface area contributed by atoms with Crippen LogP contribution in [0.4, 0.5) is 5.13 Å². The topological polar surface area (TPSA) is 68.0 Å². The van der Waals surface area contributed by atoms with Crippen molar-refractivity contribution in [3.8, 4) is 11.3 Å². The number of rotatable bonds is 5. The summed E-state index contributed by atoms with van der Waals surface area (Å²) in [5, 5.41) is 9.38. The fraction of sp³-hybridized carbons (Fsp3) is 0.316. The van der Waals surface area contributed by atoms with Crippen LogP contribution in [0.1, 0.15) is 34.6 Å². The Morgan fingerprint density at radius 2 is 2.00 bits per heavy atom. The lowest BCUT2D eigenvalue weighted by atomic mass is 10.1. The van der Waals surface area contributed by atoms with E-state index >= 15 is 0 Å². The van der Waals surface area contributed by atoms with E-state index in [2.05, 4.69) is 47.5 Å². The summed E-state index contributed by atoms with van der Waals surface area (Å²) >= 11 is 1.44. The molecule has 0 fully saturated rings. The van der Waals surface area contributed by atoms with Crippen molar-refractivity contribution < 1.29 is 9.32 Å². The van der Waals surface area contributed by atoms with Gasteiger partial charge in [0, 0.05) is 22.9 Å². The van der Waals surface area contributed by atoms with Gasteiger partial charge in [0.25, 0.3) is 0 Å². The molecule has 0 aliphatic heterocycles. The predicted molar refractivity (Wildman–Crippen MR) is 100.0 cm³/mol. The zero-order chi connectivity index (χ0) is 18.0. The molecule has 1 aromatic carbocycles. The minimum absolute atomic E-state index is 0.0546. The van der Waals surface area contributed by atoms with Gasteiger partial charge in [0.1, 0.15) is 5.76 Å². The number of hydrogen-bond acceptors (Lipinski definition) is 5. The average molecular weight is 355 g/mol. The Morgan fingerprint density at radius 1 is 1.20 bits per heavy atom. The van der Waals surface area contributed by atoms with Crippen molar-refractivity contribution >= 4 is 22.4 Å². The molecule has 0 radical (unpaired) electrons. The fourth-order valence-corrected chi connectivity index (χ4v) is 3.38. The first-order valence-electron chi connectivity index (χ1n) is 8.19. The summed E-state index contributed by atoms with van der Waals surface area (Å²) in [5.41, 5.74) is 6.29. The molecule has 0 bridgehead atoms. The van der Waals surface area contributed by atoms with Gasteiger partial charge in [0.05, 0.1) is 11.4 Å². The predicted octanol–water partition coefficient (Wildman–Crippen LogP) is 4.60.